The van der Waals surface area contributed by atoms with Crippen molar-refractivity contribution in [1.82, 2.24) is 0 Å². The minimum Gasteiger partial charge on any atom is -0.462 e. The molecule has 2 heterocycles. The first kappa shape index (κ1) is 18.7. The topological polar surface area (TPSA) is 65.1 Å². The van der Waals surface area contributed by atoms with E-state index in [9.17, 15) is 9.59 Å². The van der Waals surface area contributed by atoms with Crippen LogP contribution in [0.2, 0.25) is 0 Å². The van der Waals surface area contributed by atoms with Gasteiger partial charge in [0, 0.05) is 24.7 Å². The van der Waals surface area contributed by atoms with Crippen molar-refractivity contribution >= 4 is 11.9 Å². The van der Waals surface area contributed by atoms with Crippen LogP contribution in [-0.2, 0) is 23.8 Å². The summed E-state index contributed by atoms with van der Waals surface area (Å²) < 4.78 is 18.0. The maximum absolute atomic E-state index is 12.2. The van der Waals surface area contributed by atoms with Crippen LogP contribution in [0.25, 0.3) is 0 Å². The molecule has 5 heteroatoms. The van der Waals surface area contributed by atoms with E-state index in [0.717, 1.165) is 32.1 Å². The van der Waals surface area contributed by atoms with Crippen LogP contribution >= 0.6 is 0 Å². The van der Waals surface area contributed by atoms with Gasteiger partial charge >= 0.3 is 11.9 Å². The number of carbonyl (C=O) groups is 2. The minimum atomic E-state index is -0.171. The van der Waals surface area contributed by atoms with E-state index in [0.29, 0.717) is 29.8 Å². The van der Waals surface area contributed by atoms with Crippen molar-refractivity contribution in [3.63, 3.8) is 0 Å². The van der Waals surface area contributed by atoms with E-state index >= 15 is 0 Å². The van der Waals surface area contributed by atoms with Crippen LogP contribution in [0.4, 0.5) is 0 Å². The third-order valence-electron chi connectivity index (χ3n) is 10.6. The van der Waals surface area contributed by atoms with Gasteiger partial charge in [-0.05, 0) is 61.7 Å². The van der Waals surface area contributed by atoms with Crippen molar-refractivity contribution in [1.29, 1.82) is 0 Å². The summed E-state index contributed by atoms with van der Waals surface area (Å²) in [6, 6.07) is 0. The van der Waals surface area contributed by atoms with Crippen molar-refractivity contribution < 1.29 is 23.8 Å². The van der Waals surface area contributed by atoms with Crippen molar-refractivity contribution in [3.05, 3.63) is 0 Å². The fourth-order valence-corrected chi connectivity index (χ4v) is 9.42. The van der Waals surface area contributed by atoms with Gasteiger partial charge in [0.15, 0.2) is 0 Å². The standard InChI is InChI=1S/C24H34O5/c1-12-20-18(28-21(12)26)10-17-15-9-19-24(29-19)11-14(27-13(2)25)5-8-23(24,4)16(15)6-7-22(17,20)3/h12,14-20H,5-11H2,1-4H3/t12-,14-,15+,16-,17-,18?,19?,20?,22-,23+,24?/m0/s1. The van der Waals surface area contributed by atoms with Crippen LogP contribution < -0.4 is 0 Å². The highest BCUT2D eigenvalue weighted by atomic mass is 16.6. The molecular formula is C24H34O5. The average molecular weight is 403 g/mol. The van der Waals surface area contributed by atoms with Crippen LogP contribution in [0.15, 0.2) is 0 Å². The normalized spacial score (nSPS) is 59.5. The van der Waals surface area contributed by atoms with Crippen molar-refractivity contribution in [2.75, 3.05) is 0 Å². The van der Waals surface area contributed by atoms with Crippen molar-refractivity contribution in [2.45, 2.75) is 96.6 Å². The Morgan fingerprint density at radius 1 is 1.14 bits per heavy atom. The molecule has 6 rings (SSSR count). The van der Waals surface area contributed by atoms with Gasteiger partial charge in [0.1, 0.15) is 17.8 Å². The molecule has 0 N–H and O–H groups in total. The highest BCUT2D eigenvalue weighted by molar-refractivity contribution is 5.75. The highest BCUT2D eigenvalue weighted by Gasteiger charge is 2.77. The Balaban J connectivity index is 1.29. The second-order valence-corrected chi connectivity index (χ2v) is 11.6. The Hall–Kier alpha value is -1.10. The van der Waals surface area contributed by atoms with Crippen LogP contribution in [0.1, 0.15) is 72.6 Å². The molecule has 6 fully saturated rings. The number of hydrogen-bond acceptors (Lipinski definition) is 5. The largest absolute Gasteiger partial charge is 0.462 e. The molecule has 11 atom stereocenters. The number of fused-ring (bicyclic) bond motifs is 6. The fourth-order valence-electron chi connectivity index (χ4n) is 9.42. The lowest BCUT2D eigenvalue weighted by Gasteiger charge is -2.59. The smallest absolute Gasteiger partial charge is 0.309 e. The zero-order chi connectivity index (χ0) is 20.3. The van der Waals surface area contributed by atoms with Gasteiger partial charge in [0.25, 0.3) is 0 Å². The number of rotatable bonds is 1. The van der Waals surface area contributed by atoms with E-state index in [1.165, 1.54) is 19.8 Å². The van der Waals surface area contributed by atoms with E-state index in [2.05, 4.69) is 20.8 Å². The molecule has 6 aliphatic rings. The number of ether oxygens (including phenoxy) is 3. The summed E-state index contributed by atoms with van der Waals surface area (Å²) in [6.45, 7) is 8.52. The molecule has 4 unspecified atom stereocenters. The Bertz CT molecular complexity index is 779. The van der Waals surface area contributed by atoms with E-state index in [-0.39, 0.29) is 46.5 Å². The van der Waals surface area contributed by atoms with Crippen molar-refractivity contribution in [2.24, 2.45) is 40.4 Å². The number of hydrogen-bond donors (Lipinski definition) is 0. The molecular weight excluding hydrogens is 368 g/mol. The summed E-state index contributed by atoms with van der Waals surface area (Å²) in [4.78, 5) is 23.7. The van der Waals surface area contributed by atoms with Gasteiger partial charge < -0.3 is 14.2 Å². The summed E-state index contributed by atoms with van der Waals surface area (Å²) in [6.07, 6.45) is 7.99. The lowest BCUT2D eigenvalue weighted by molar-refractivity contribution is -0.158. The first-order chi connectivity index (χ1) is 13.7. The summed E-state index contributed by atoms with van der Waals surface area (Å²) in [5, 5.41) is 0. The maximum atomic E-state index is 12.2. The molecule has 0 amide bonds. The zero-order valence-corrected chi connectivity index (χ0v) is 18.1. The molecule has 29 heavy (non-hydrogen) atoms. The Morgan fingerprint density at radius 2 is 1.93 bits per heavy atom. The SMILES string of the molecule is CC(=O)O[C@H]1CC[C@]2(C)[C@H]3CC[C@]4(C)C5C(C[C@H]4[C@@H]3CC3OC32C1)OC(=O)[C@H]5C. The monoisotopic (exact) mass is 402 g/mol. The van der Waals surface area contributed by atoms with E-state index in [1.807, 2.05) is 0 Å². The van der Waals surface area contributed by atoms with Gasteiger partial charge in [0.05, 0.1) is 12.0 Å². The second kappa shape index (κ2) is 5.57. The molecule has 0 aromatic carbocycles. The third kappa shape index (κ3) is 2.16. The number of epoxide rings is 1. The van der Waals surface area contributed by atoms with Gasteiger partial charge in [-0.15, -0.1) is 0 Å². The van der Waals surface area contributed by atoms with Crippen LogP contribution in [0, 0.1) is 40.4 Å². The first-order valence-electron chi connectivity index (χ1n) is 11.8. The molecule has 2 aliphatic heterocycles. The molecule has 4 aliphatic carbocycles. The molecule has 0 aromatic rings. The molecule has 160 valence electrons. The molecule has 1 spiro atoms. The molecule has 0 aromatic heterocycles. The predicted octanol–water partition coefficient (Wildman–Crippen LogP) is 3.88. The third-order valence-corrected chi connectivity index (χ3v) is 10.6. The van der Waals surface area contributed by atoms with E-state index < -0.39 is 0 Å². The minimum absolute atomic E-state index is 0.0158. The van der Waals surface area contributed by atoms with Gasteiger partial charge in [0.2, 0.25) is 0 Å². The molecule has 0 radical (unpaired) electrons. The maximum Gasteiger partial charge on any atom is 0.309 e. The molecule has 2 saturated heterocycles. The highest BCUT2D eigenvalue weighted by Crippen LogP contribution is 2.75. The Kier molecular flexibility index (Phi) is 3.58. The number of carbonyl (C=O) groups excluding carboxylic acids is 2. The van der Waals surface area contributed by atoms with Crippen molar-refractivity contribution in [3.8, 4) is 0 Å². The van der Waals surface area contributed by atoms with Crippen LogP contribution in [0.3, 0.4) is 0 Å². The number of esters is 2. The van der Waals surface area contributed by atoms with Crippen LogP contribution in [-0.4, -0.2) is 35.9 Å². The quantitative estimate of drug-likeness (QED) is 0.492. The Labute approximate surface area is 173 Å². The predicted molar refractivity (Wildman–Crippen MR) is 105 cm³/mol. The summed E-state index contributed by atoms with van der Waals surface area (Å²) in [5.41, 5.74) is 0.324. The molecule has 0 bridgehead atoms. The van der Waals surface area contributed by atoms with Gasteiger partial charge in [-0.1, -0.05) is 20.8 Å². The fraction of sp³-hybridized carbons (Fsp3) is 0.917. The molecule has 5 nitrogen and oxygen atoms in total. The van der Waals surface area contributed by atoms with Gasteiger partial charge in [-0.3, -0.25) is 9.59 Å². The van der Waals surface area contributed by atoms with E-state index in [1.54, 1.807) is 0 Å². The van der Waals surface area contributed by atoms with Gasteiger partial charge in [-0.25, -0.2) is 0 Å². The zero-order valence-electron chi connectivity index (χ0n) is 18.1. The Morgan fingerprint density at radius 3 is 2.69 bits per heavy atom. The summed E-state index contributed by atoms with van der Waals surface area (Å²) >= 11 is 0. The first-order valence-corrected chi connectivity index (χ1v) is 11.8. The lowest BCUT2D eigenvalue weighted by Crippen LogP contribution is -2.59. The van der Waals surface area contributed by atoms with Crippen LogP contribution in [0.5, 0.6) is 0 Å². The van der Waals surface area contributed by atoms with Gasteiger partial charge in [-0.2, -0.15) is 0 Å². The van der Waals surface area contributed by atoms with E-state index in [4.69, 9.17) is 14.2 Å². The molecule has 4 saturated carbocycles. The summed E-state index contributed by atoms with van der Waals surface area (Å²) in [5.74, 6) is 2.25. The lowest BCUT2D eigenvalue weighted by atomic mass is 9.44. The average Bonchev–Trinajstić information content (AvgIpc) is 3.15. The summed E-state index contributed by atoms with van der Waals surface area (Å²) in [7, 11) is 0. The second-order valence-electron chi connectivity index (χ2n) is 11.6.